The van der Waals surface area contributed by atoms with Crippen molar-refractivity contribution >= 4 is 5.91 Å². The van der Waals surface area contributed by atoms with Gasteiger partial charge in [-0.1, -0.05) is 17.7 Å². The number of aryl methyl sites for hydroxylation is 3. The number of ether oxygens (including phenoxy) is 2. The molecule has 5 heteroatoms. The van der Waals surface area contributed by atoms with Gasteiger partial charge in [-0.05, 0) is 31.9 Å². The second kappa shape index (κ2) is 8.00. The summed E-state index contributed by atoms with van der Waals surface area (Å²) in [7, 11) is 3.15. The normalized spacial score (nSPS) is 12.1. The molecule has 0 aliphatic heterocycles. The minimum absolute atomic E-state index is 0.0407. The molecule has 1 aromatic carbocycles. The number of rotatable bonds is 7. The lowest BCUT2D eigenvalue weighted by Gasteiger charge is -2.21. The first-order valence-corrected chi connectivity index (χ1v) is 6.96. The molecule has 1 rings (SSSR count). The zero-order valence-corrected chi connectivity index (χ0v) is 13.5. The maximum Gasteiger partial charge on any atom is 0.260 e. The summed E-state index contributed by atoms with van der Waals surface area (Å²) in [5, 5.41) is 9.61. The lowest BCUT2D eigenvalue weighted by atomic mass is 10.1. The van der Waals surface area contributed by atoms with Gasteiger partial charge in [0.25, 0.3) is 5.91 Å². The Morgan fingerprint density at radius 1 is 1.29 bits per heavy atom. The first-order valence-electron chi connectivity index (χ1n) is 6.96. The SMILES string of the molecule is COCC(O)CN(C)C(=O)COc1c(C)cc(C)cc1C. The molecule has 21 heavy (non-hydrogen) atoms. The molecule has 0 aliphatic rings. The molecule has 1 atom stereocenters. The van der Waals surface area contributed by atoms with Crippen molar-refractivity contribution in [1.82, 2.24) is 4.90 Å². The molecule has 0 bridgehead atoms. The minimum Gasteiger partial charge on any atom is -0.483 e. The van der Waals surface area contributed by atoms with Crippen LogP contribution in [0.2, 0.25) is 0 Å². The smallest absolute Gasteiger partial charge is 0.260 e. The first-order chi connectivity index (χ1) is 9.85. The Morgan fingerprint density at radius 2 is 1.86 bits per heavy atom. The van der Waals surface area contributed by atoms with Crippen LogP contribution in [0.15, 0.2) is 12.1 Å². The summed E-state index contributed by atoms with van der Waals surface area (Å²) in [4.78, 5) is 13.4. The van der Waals surface area contributed by atoms with Gasteiger partial charge >= 0.3 is 0 Å². The average molecular weight is 295 g/mol. The molecule has 0 spiro atoms. The number of hydrogen-bond acceptors (Lipinski definition) is 4. The van der Waals surface area contributed by atoms with Crippen LogP contribution in [0, 0.1) is 20.8 Å². The summed E-state index contributed by atoms with van der Waals surface area (Å²) >= 11 is 0. The Labute approximate surface area is 126 Å². The van der Waals surface area contributed by atoms with Gasteiger partial charge in [-0.15, -0.1) is 0 Å². The van der Waals surface area contributed by atoms with Crippen molar-refractivity contribution in [1.29, 1.82) is 0 Å². The molecule has 0 aromatic heterocycles. The molecule has 1 aromatic rings. The van der Waals surface area contributed by atoms with Gasteiger partial charge in [0.2, 0.25) is 0 Å². The predicted octanol–water partition coefficient (Wildman–Crippen LogP) is 1.46. The quantitative estimate of drug-likeness (QED) is 0.827. The summed E-state index contributed by atoms with van der Waals surface area (Å²) < 4.78 is 10.5. The molecule has 1 N–H and O–H groups in total. The zero-order valence-electron chi connectivity index (χ0n) is 13.5. The van der Waals surface area contributed by atoms with Gasteiger partial charge in [0.15, 0.2) is 6.61 Å². The largest absolute Gasteiger partial charge is 0.483 e. The zero-order chi connectivity index (χ0) is 16.0. The molecule has 118 valence electrons. The van der Waals surface area contributed by atoms with Gasteiger partial charge in [-0.25, -0.2) is 0 Å². The maximum atomic E-state index is 12.0. The summed E-state index contributed by atoms with van der Waals surface area (Å²) in [5.74, 6) is 0.573. The molecule has 0 saturated heterocycles. The number of hydrogen-bond donors (Lipinski definition) is 1. The highest BCUT2D eigenvalue weighted by Crippen LogP contribution is 2.24. The van der Waals surface area contributed by atoms with Crippen LogP contribution in [-0.2, 0) is 9.53 Å². The number of methoxy groups -OCH3 is 1. The van der Waals surface area contributed by atoms with E-state index >= 15 is 0 Å². The molecule has 5 nitrogen and oxygen atoms in total. The summed E-state index contributed by atoms with van der Waals surface area (Å²) in [5.41, 5.74) is 3.20. The second-order valence-corrected chi connectivity index (χ2v) is 5.40. The van der Waals surface area contributed by atoms with E-state index in [0.717, 1.165) is 16.9 Å². The summed E-state index contributed by atoms with van der Waals surface area (Å²) in [6.45, 7) is 6.34. The number of carbonyl (C=O) groups is 1. The van der Waals surface area contributed by atoms with E-state index < -0.39 is 6.10 Å². The Balaban J connectivity index is 2.57. The van der Waals surface area contributed by atoms with Crippen molar-refractivity contribution in [2.45, 2.75) is 26.9 Å². The van der Waals surface area contributed by atoms with Crippen molar-refractivity contribution < 1.29 is 19.4 Å². The Bertz CT molecular complexity index is 464. The number of likely N-dealkylation sites (N-methyl/N-ethyl adjacent to an activating group) is 1. The molecule has 1 unspecified atom stereocenters. The van der Waals surface area contributed by atoms with E-state index in [1.807, 2.05) is 32.9 Å². The van der Waals surface area contributed by atoms with E-state index in [1.165, 1.54) is 17.6 Å². The Morgan fingerprint density at radius 3 is 2.38 bits per heavy atom. The topological polar surface area (TPSA) is 59.0 Å². The van der Waals surface area contributed by atoms with E-state index in [0.29, 0.717) is 0 Å². The Hall–Kier alpha value is -1.59. The van der Waals surface area contributed by atoms with E-state index in [9.17, 15) is 9.90 Å². The highest BCUT2D eigenvalue weighted by atomic mass is 16.5. The maximum absolute atomic E-state index is 12.0. The number of amides is 1. The average Bonchev–Trinajstić information content (AvgIpc) is 2.37. The molecule has 0 saturated carbocycles. The summed E-state index contributed by atoms with van der Waals surface area (Å²) in [6, 6.07) is 4.05. The number of carbonyl (C=O) groups excluding carboxylic acids is 1. The van der Waals surface area contributed by atoms with Crippen LogP contribution < -0.4 is 4.74 Å². The third kappa shape index (κ3) is 5.36. The van der Waals surface area contributed by atoms with Crippen molar-refractivity contribution in [3.63, 3.8) is 0 Å². The fraction of sp³-hybridized carbons (Fsp3) is 0.562. The van der Waals surface area contributed by atoms with Crippen LogP contribution in [-0.4, -0.2) is 55.9 Å². The molecule has 0 aliphatic carbocycles. The minimum atomic E-state index is -0.688. The van der Waals surface area contributed by atoms with Crippen LogP contribution in [0.3, 0.4) is 0 Å². The number of aliphatic hydroxyl groups excluding tert-OH is 1. The molecule has 0 radical (unpaired) electrons. The second-order valence-electron chi connectivity index (χ2n) is 5.40. The van der Waals surface area contributed by atoms with Crippen molar-refractivity contribution in [2.75, 3.05) is 33.9 Å². The van der Waals surface area contributed by atoms with Gasteiger partial charge in [-0.2, -0.15) is 0 Å². The highest BCUT2D eigenvalue weighted by Gasteiger charge is 2.15. The number of benzene rings is 1. The standard InChI is InChI=1S/C16H25NO4/c1-11-6-12(2)16(13(3)7-11)21-10-15(19)17(4)8-14(18)9-20-5/h6-7,14,18H,8-10H2,1-5H3. The van der Waals surface area contributed by atoms with Crippen molar-refractivity contribution in [3.8, 4) is 5.75 Å². The van der Waals surface area contributed by atoms with E-state index in [1.54, 1.807) is 7.05 Å². The molecule has 1 amide bonds. The van der Waals surface area contributed by atoms with Gasteiger partial charge < -0.3 is 19.5 Å². The third-order valence-electron chi connectivity index (χ3n) is 3.21. The molecule has 0 fully saturated rings. The van der Waals surface area contributed by atoms with Crippen LogP contribution in [0.4, 0.5) is 0 Å². The van der Waals surface area contributed by atoms with E-state index in [2.05, 4.69) is 0 Å². The lowest BCUT2D eigenvalue weighted by molar-refractivity contribution is -0.133. The van der Waals surface area contributed by atoms with Gasteiger partial charge in [0, 0.05) is 20.7 Å². The van der Waals surface area contributed by atoms with E-state index in [4.69, 9.17) is 9.47 Å². The number of nitrogens with zero attached hydrogens (tertiary/aromatic N) is 1. The monoisotopic (exact) mass is 295 g/mol. The van der Waals surface area contributed by atoms with Gasteiger partial charge in [0.1, 0.15) is 5.75 Å². The molecular formula is C16H25NO4. The fourth-order valence-corrected chi connectivity index (χ4v) is 2.30. The predicted molar refractivity (Wildman–Crippen MR) is 81.7 cm³/mol. The summed E-state index contributed by atoms with van der Waals surface area (Å²) in [6.07, 6.45) is -0.688. The molecular weight excluding hydrogens is 270 g/mol. The van der Waals surface area contributed by atoms with Gasteiger partial charge in [-0.3, -0.25) is 4.79 Å². The van der Waals surface area contributed by atoms with Crippen LogP contribution in [0.5, 0.6) is 5.75 Å². The van der Waals surface area contributed by atoms with Gasteiger partial charge in [0.05, 0.1) is 12.7 Å². The van der Waals surface area contributed by atoms with Crippen LogP contribution >= 0.6 is 0 Å². The Kier molecular flexibility index (Phi) is 6.65. The molecule has 0 heterocycles. The first kappa shape index (κ1) is 17.5. The number of aliphatic hydroxyl groups is 1. The lowest BCUT2D eigenvalue weighted by Crippen LogP contribution is -2.38. The van der Waals surface area contributed by atoms with Crippen molar-refractivity contribution in [2.24, 2.45) is 0 Å². The fourth-order valence-electron chi connectivity index (χ4n) is 2.30. The van der Waals surface area contributed by atoms with Crippen LogP contribution in [0.1, 0.15) is 16.7 Å². The highest BCUT2D eigenvalue weighted by molar-refractivity contribution is 5.77. The van der Waals surface area contributed by atoms with Crippen molar-refractivity contribution in [3.05, 3.63) is 28.8 Å². The van der Waals surface area contributed by atoms with E-state index in [-0.39, 0.29) is 25.7 Å². The third-order valence-corrected chi connectivity index (χ3v) is 3.21. The van der Waals surface area contributed by atoms with Crippen LogP contribution in [0.25, 0.3) is 0 Å².